The number of aromatic hydroxyl groups is 1. The molecule has 0 saturated carbocycles. The van der Waals surface area contributed by atoms with Gasteiger partial charge >= 0.3 is 18.0 Å². The third kappa shape index (κ3) is 5.51. The monoisotopic (exact) mass is 500 g/mol. The second-order valence-corrected chi connectivity index (χ2v) is 7.77. The molecule has 3 aromatic carbocycles. The van der Waals surface area contributed by atoms with E-state index in [1.807, 2.05) is 0 Å². The molecule has 188 valence electrons. The van der Waals surface area contributed by atoms with E-state index in [1.165, 1.54) is 30.6 Å². The summed E-state index contributed by atoms with van der Waals surface area (Å²) in [4.78, 5) is 41.9. The number of ether oxygens (including phenoxy) is 3. The average Bonchev–Trinajstić information content (AvgIpc) is 2.89. The van der Waals surface area contributed by atoms with Crippen molar-refractivity contribution in [1.82, 2.24) is 4.98 Å². The van der Waals surface area contributed by atoms with E-state index in [4.69, 9.17) is 14.2 Å². The highest BCUT2D eigenvalue weighted by atomic mass is 16.5. The lowest BCUT2D eigenvalue weighted by atomic mass is 9.92. The molecule has 0 unspecified atom stereocenters. The molecule has 1 aromatic heterocycles. The zero-order valence-corrected chi connectivity index (χ0v) is 20.2. The third-order valence-corrected chi connectivity index (χ3v) is 5.40. The summed E-state index contributed by atoms with van der Waals surface area (Å²) in [5, 5.41) is 14.3. The minimum atomic E-state index is -0.748. The minimum Gasteiger partial charge on any atom is -0.507 e. The van der Waals surface area contributed by atoms with Gasteiger partial charge in [0.05, 0.1) is 30.0 Å². The number of rotatable bonds is 7. The Bertz CT molecular complexity index is 1470. The van der Waals surface area contributed by atoms with Crippen molar-refractivity contribution in [3.63, 3.8) is 0 Å². The molecule has 9 nitrogen and oxygen atoms in total. The van der Waals surface area contributed by atoms with E-state index < -0.39 is 18.0 Å². The van der Waals surface area contributed by atoms with Crippen molar-refractivity contribution < 1.29 is 33.7 Å². The van der Waals surface area contributed by atoms with E-state index in [0.29, 0.717) is 21.9 Å². The number of phenolic OH excluding ortho intramolecular Hbond substituents is 1. The van der Waals surface area contributed by atoms with Crippen molar-refractivity contribution >= 4 is 34.5 Å². The standard InChI is InChI=1S/C28H24N2O7/c1-3-35-27(33)25-21-10-6-5-9-20(21)24(31)15-22(25)19-12-11-18(14-23(19)30-28(34)36-4-2)37-26(32)17-8-7-13-29-16-17/h5-16,31H,3-4H2,1-2H3,(H,30,34). The SMILES string of the molecule is CCOC(=O)Nc1cc(OC(=O)c2cccnc2)ccc1-c1cc(O)c2ccccc2c1C(=O)OCC. The van der Waals surface area contributed by atoms with Crippen molar-refractivity contribution in [3.8, 4) is 22.6 Å². The van der Waals surface area contributed by atoms with Crippen LogP contribution >= 0.6 is 0 Å². The molecule has 0 bridgehead atoms. The Morgan fingerprint density at radius 1 is 0.865 bits per heavy atom. The number of carbonyl (C=O) groups excluding carboxylic acids is 3. The maximum Gasteiger partial charge on any atom is 0.411 e. The maximum atomic E-state index is 13.1. The first-order chi connectivity index (χ1) is 17.9. The van der Waals surface area contributed by atoms with E-state index >= 15 is 0 Å². The highest BCUT2D eigenvalue weighted by molar-refractivity contribution is 6.13. The predicted octanol–water partition coefficient (Wildman–Crippen LogP) is 5.57. The topological polar surface area (TPSA) is 124 Å². The molecular formula is C28H24N2O7. The molecule has 4 rings (SSSR count). The molecule has 1 heterocycles. The Morgan fingerprint density at radius 2 is 1.62 bits per heavy atom. The van der Waals surface area contributed by atoms with Crippen LogP contribution in [0.25, 0.3) is 21.9 Å². The van der Waals surface area contributed by atoms with Gasteiger partial charge in [-0.2, -0.15) is 0 Å². The smallest absolute Gasteiger partial charge is 0.411 e. The molecule has 0 aliphatic carbocycles. The van der Waals surface area contributed by atoms with E-state index in [2.05, 4.69) is 10.3 Å². The highest BCUT2D eigenvalue weighted by Gasteiger charge is 2.23. The molecule has 0 atom stereocenters. The molecule has 0 saturated heterocycles. The largest absolute Gasteiger partial charge is 0.507 e. The molecule has 0 aliphatic heterocycles. The van der Waals surface area contributed by atoms with Gasteiger partial charge in [0.25, 0.3) is 0 Å². The molecule has 1 amide bonds. The predicted molar refractivity (Wildman–Crippen MR) is 137 cm³/mol. The van der Waals surface area contributed by atoms with Crippen LogP contribution in [0, 0.1) is 0 Å². The van der Waals surface area contributed by atoms with Crippen molar-refractivity contribution in [2.75, 3.05) is 18.5 Å². The number of pyridine rings is 1. The molecule has 4 aromatic rings. The second-order valence-electron chi connectivity index (χ2n) is 7.77. The molecule has 0 spiro atoms. The van der Waals surface area contributed by atoms with Crippen LogP contribution in [0.2, 0.25) is 0 Å². The van der Waals surface area contributed by atoms with Gasteiger partial charge in [-0.25, -0.2) is 14.4 Å². The van der Waals surface area contributed by atoms with Gasteiger partial charge in [0.15, 0.2) is 0 Å². The number of nitrogens with one attached hydrogen (secondary N) is 1. The van der Waals surface area contributed by atoms with Gasteiger partial charge in [-0.3, -0.25) is 10.3 Å². The number of benzene rings is 3. The summed E-state index contributed by atoms with van der Waals surface area (Å²) in [6, 6.07) is 16.0. The molecule has 0 aliphatic rings. The van der Waals surface area contributed by atoms with E-state index in [1.54, 1.807) is 56.3 Å². The van der Waals surface area contributed by atoms with Crippen LogP contribution in [0.15, 0.2) is 73.1 Å². The van der Waals surface area contributed by atoms with Gasteiger partial charge in [-0.1, -0.05) is 24.3 Å². The molecule has 0 radical (unpaired) electrons. The van der Waals surface area contributed by atoms with Crippen LogP contribution in [-0.4, -0.2) is 41.3 Å². The van der Waals surface area contributed by atoms with E-state index in [9.17, 15) is 19.5 Å². The Labute approximate surface area is 212 Å². The number of hydrogen-bond acceptors (Lipinski definition) is 8. The fraction of sp³-hybridized carbons (Fsp3) is 0.143. The van der Waals surface area contributed by atoms with E-state index in [0.717, 1.165) is 0 Å². The quantitative estimate of drug-likeness (QED) is 0.249. The molecular weight excluding hydrogens is 476 g/mol. The maximum absolute atomic E-state index is 13.1. The second kappa shape index (κ2) is 11.2. The Hall–Kier alpha value is -4.92. The number of fused-ring (bicyclic) bond motifs is 1. The number of phenols is 1. The normalized spacial score (nSPS) is 10.5. The van der Waals surface area contributed by atoms with Crippen LogP contribution in [0.4, 0.5) is 10.5 Å². The average molecular weight is 501 g/mol. The summed E-state index contributed by atoms with van der Waals surface area (Å²) >= 11 is 0. The number of aromatic nitrogens is 1. The Morgan fingerprint density at radius 3 is 2.32 bits per heavy atom. The number of hydrogen-bond donors (Lipinski definition) is 2. The minimum absolute atomic E-state index is 0.0622. The Kier molecular flexibility index (Phi) is 7.63. The zero-order chi connectivity index (χ0) is 26.4. The first kappa shape index (κ1) is 25.2. The number of anilines is 1. The molecule has 2 N–H and O–H groups in total. The van der Waals surface area contributed by atoms with Gasteiger partial charge in [0.1, 0.15) is 11.5 Å². The first-order valence-corrected chi connectivity index (χ1v) is 11.5. The lowest BCUT2D eigenvalue weighted by Crippen LogP contribution is -2.15. The summed E-state index contributed by atoms with van der Waals surface area (Å²) in [6.45, 7) is 3.62. The zero-order valence-electron chi connectivity index (χ0n) is 20.2. The van der Waals surface area contributed by atoms with Gasteiger partial charge in [-0.05, 0) is 44.2 Å². The van der Waals surface area contributed by atoms with Gasteiger partial charge < -0.3 is 19.3 Å². The van der Waals surface area contributed by atoms with Crippen LogP contribution in [0.1, 0.15) is 34.6 Å². The summed E-state index contributed by atoms with van der Waals surface area (Å²) in [5.41, 5.74) is 1.33. The summed E-state index contributed by atoms with van der Waals surface area (Å²) in [6.07, 6.45) is 2.16. The van der Waals surface area contributed by atoms with Crippen molar-refractivity contribution in [1.29, 1.82) is 0 Å². The highest BCUT2D eigenvalue weighted by Crippen LogP contribution is 2.41. The van der Waals surface area contributed by atoms with Gasteiger partial charge in [0, 0.05) is 40.4 Å². The van der Waals surface area contributed by atoms with Crippen molar-refractivity contribution in [2.45, 2.75) is 13.8 Å². The summed E-state index contributed by atoms with van der Waals surface area (Å²) in [7, 11) is 0. The van der Waals surface area contributed by atoms with Crippen molar-refractivity contribution in [2.24, 2.45) is 0 Å². The van der Waals surface area contributed by atoms with Gasteiger partial charge in [0.2, 0.25) is 0 Å². The lowest BCUT2D eigenvalue weighted by Gasteiger charge is -2.18. The van der Waals surface area contributed by atoms with Crippen LogP contribution in [0.5, 0.6) is 11.5 Å². The van der Waals surface area contributed by atoms with E-state index in [-0.39, 0.29) is 41.5 Å². The third-order valence-electron chi connectivity index (χ3n) is 5.40. The van der Waals surface area contributed by atoms with Crippen LogP contribution in [-0.2, 0) is 9.47 Å². The molecule has 9 heteroatoms. The lowest BCUT2D eigenvalue weighted by molar-refractivity contribution is 0.0529. The number of nitrogens with zero attached hydrogens (tertiary/aromatic N) is 1. The van der Waals surface area contributed by atoms with Crippen molar-refractivity contribution in [3.05, 3.63) is 84.2 Å². The summed E-state index contributed by atoms with van der Waals surface area (Å²) < 4.78 is 15.8. The fourth-order valence-electron chi connectivity index (χ4n) is 3.84. The van der Waals surface area contributed by atoms with Gasteiger partial charge in [-0.15, -0.1) is 0 Å². The fourth-order valence-corrected chi connectivity index (χ4v) is 3.84. The Balaban J connectivity index is 1.86. The van der Waals surface area contributed by atoms with Crippen LogP contribution < -0.4 is 10.1 Å². The molecule has 0 fully saturated rings. The number of amides is 1. The first-order valence-electron chi connectivity index (χ1n) is 11.5. The summed E-state index contributed by atoms with van der Waals surface area (Å²) in [5.74, 6) is -1.17. The molecule has 37 heavy (non-hydrogen) atoms. The number of esters is 2. The van der Waals surface area contributed by atoms with Crippen LogP contribution in [0.3, 0.4) is 0 Å². The number of carbonyl (C=O) groups is 3.